The van der Waals surface area contributed by atoms with E-state index in [-0.39, 0.29) is 11.6 Å². The fourth-order valence-electron chi connectivity index (χ4n) is 3.97. The zero-order chi connectivity index (χ0) is 22.3. The molecule has 0 aromatic heterocycles. The highest BCUT2D eigenvalue weighted by atomic mass is 16.5. The predicted octanol–water partition coefficient (Wildman–Crippen LogP) is 5.87. The van der Waals surface area contributed by atoms with Crippen molar-refractivity contribution in [1.29, 1.82) is 0 Å². The van der Waals surface area contributed by atoms with Gasteiger partial charge in [0.2, 0.25) is 0 Å². The summed E-state index contributed by atoms with van der Waals surface area (Å²) < 4.78 is 16.7. The van der Waals surface area contributed by atoms with Crippen molar-refractivity contribution in [2.24, 2.45) is 0 Å². The van der Waals surface area contributed by atoms with E-state index in [2.05, 4.69) is 73.3 Å². The number of rotatable bonds is 10. The summed E-state index contributed by atoms with van der Waals surface area (Å²) >= 11 is 0. The first-order chi connectivity index (χ1) is 15.0. The summed E-state index contributed by atoms with van der Waals surface area (Å²) in [6, 6.07) is 27.2. The van der Waals surface area contributed by atoms with Crippen molar-refractivity contribution in [1.82, 2.24) is 4.90 Å². The lowest BCUT2D eigenvalue weighted by molar-refractivity contribution is -0.0608. The monoisotopic (exact) mass is 419 g/mol. The standard InChI is InChI=1S/C27H33NO3/c1-27(2,31-5)26(23-9-7-6-8-10-23)28(19-21-11-15-24(29-3)16-12-21)20-22-13-17-25(30-4)18-14-22/h6-18,26H,19-20H2,1-5H3/t26-/m0/s1. The molecule has 164 valence electrons. The van der Waals surface area contributed by atoms with Crippen LogP contribution in [0.1, 0.15) is 36.6 Å². The van der Waals surface area contributed by atoms with Gasteiger partial charge in [0.15, 0.2) is 0 Å². The minimum atomic E-state index is -0.389. The Labute approximate surface area is 186 Å². The summed E-state index contributed by atoms with van der Waals surface area (Å²) in [5.41, 5.74) is 3.29. The molecule has 3 aromatic rings. The van der Waals surface area contributed by atoms with Crippen molar-refractivity contribution in [3.8, 4) is 11.5 Å². The molecule has 4 nitrogen and oxygen atoms in total. The second kappa shape index (κ2) is 10.5. The van der Waals surface area contributed by atoms with Gasteiger partial charge in [-0.2, -0.15) is 0 Å². The molecule has 0 aliphatic carbocycles. The molecule has 1 atom stereocenters. The van der Waals surface area contributed by atoms with E-state index in [9.17, 15) is 0 Å². The summed E-state index contributed by atoms with van der Waals surface area (Å²) in [6.07, 6.45) is 0. The largest absolute Gasteiger partial charge is 0.497 e. The molecule has 0 amide bonds. The van der Waals surface area contributed by atoms with Crippen molar-refractivity contribution in [2.45, 2.75) is 38.6 Å². The average Bonchev–Trinajstić information content (AvgIpc) is 2.80. The van der Waals surface area contributed by atoms with Crippen LogP contribution in [0, 0.1) is 0 Å². The zero-order valence-electron chi connectivity index (χ0n) is 19.2. The maximum Gasteiger partial charge on any atom is 0.118 e. The third-order valence-electron chi connectivity index (χ3n) is 5.75. The number of nitrogens with zero attached hydrogens (tertiary/aromatic N) is 1. The van der Waals surface area contributed by atoms with Gasteiger partial charge < -0.3 is 14.2 Å². The molecule has 0 bridgehead atoms. The molecule has 0 unspecified atom stereocenters. The Kier molecular flexibility index (Phi) is 7.72. The van der Waals surface area contributed by atoms with Crippen LogP contribution in [0.5, 0.6) is 11.5 Å². The molecule has 4 heteroatoms. The minimum Gasteiger partial charge on any atom is -0.497 e. The highest BCUT2D eigenvalue weighted by molar-refractivity contribution is 5.30. The van der Waals surface area contributed by atoms with Crippen molar-refractivity contribution in [3.63, 3.8) is 0 Å². The van der Waals surface area contributed by atoms with Gasteiger partial charge in [0, 0.05) is 20.2 Å². The summed E-state index contributed by atoms with van der Waals surface area (Å²) in [4.78, 5) is 2.47. The van der Waals surface area contributed by atoms with Crippen LogP contribution in [0.3, 0.4) is 0 Å². The van der Waals surface area contributed by atoms with Crippen LogP contribution in [0.15, 0.2) is 78.9 Å². The van der Waals surface area contributed by atoms with Crippen molar-refractivity contribution >= 4 is 0 Å². The maximum atomic E-state index is 6.00. The first-order valence-electron chi connectivity index (χ1n) is 10.6. The van der Waals surface area contributed by atoms with Gasteiger partial charge in [0.1, 0.15) is 11.5 Å². The maximum absolute atomic E-state index is 6.00. The Morgan fingerprint density at radius 3 is 1.52 bits per heavy atom. The van der Waals surface area contributed by atoms with E-state index < -0.39 is 0 Å². The van der Waals surface area contributed by atoms with Crippen LogP contribution in [-0.4, -0.2) is 31.8 Å². The van der Waals surface area contributed by atoms with Gasteiger partial charge in [-0.25, -0.2) is 0 Å². The van der Waals surface area contributed by atoms with Crippen LogP contribution in [0.25, 0.3) is 0 Å². The molecule has 0 spiro atoms. The molecule has 3 aromatic carbocycles. The molecule has 0 fully saturated rings. The number of methoxy groups -OCH3 is 3. The summed E-state index contributed by atoms with van der Waals surface area (Å²) in [5.74, 6) is 1.73. The van der Waals surface area contributed by atoms with Gasteiger partial charge in [0.25, 0.3) is 0 Å². The fourth-order valence-corrected chi connectivity index (χ4v) is 3.97. The smallest absolute Gasteiger partial charge is 0.118 e. The highest BCUT2D eigenvalue weighted by Gasteiger charge is 2.35. The minimum absolute atomic E-state index is 0.0582. The van der Waals surface area contributed by atoms with Gasteiger partial charge in [-0.15, -0.1) is 0 Å². The normalized spacial score (nSPS) is 12.6. The Morgan fingerprint density at radius 2 is 1.13 bits per heavy atom. The van der Waals surface area contributed by atoms with Gasteiger partial charge in [0.05, 0.1) is 25.9 Å². The molecule has 0 saturated carbocycles. The van der Waals surface area contributed by atoms with E-state index in [1.54, 1.807) is 21.3 Å². The number of hydrogen-bond acceptors (Lipinski definition) is 4. The molecule has 0 saturated heterocycles. The lowest BCUT2D eigenvalue weighted by atomic mass is 9.89. The summed E-state index contributed by atoms with van der Waals surface area (Å²) in [5, 5.41) is 0. The van der Waals surface area contributed by atoms with Gasteiger partial charge in [-0.3, -0.25) is 4.90 Å². The number of benzene rings is 3. The van der Waals surface area contributed by atoms with Gasteiger partial charge >= 0.3 is 0 Å². The third kappa shape index (κ3) is 5.87. The van der Waals surface area contributed by atoms with Crippen LogP contribution in [0.2, 0.25) is 0 Å². The molecule has 0 aliphatic rings. The fraction of sp³-hybridized carbons (Fsp3) is 0.333. The number of ether oxygens (including phenoxy) is 3. The Morgan fingerprint density at radius 1 is 0.677 bits per heavy atom. The Hall–Kier alpha value is -2.82. The molecule has 0 aliphatic heterocycles. The van der Waals surface area contributed by atoms with Gasteiger partial charge in [-0.1, -0.05) is 54.6 Å². The van der Waals surface area contributed by atoms with Crippen LogP contribution in [-0.2, 0) is 17.8 Å². The Balaban J connectivity index is 1.99. The van der Waals surface area contributed by atoms with E-state index in [0.717, 1.165) is 24.6 Å². The van der Waals surface area contributed by atoms with Crippen molar-refractivity contribution in [3.05, 3.63) is 95.6 Å². The molecular weight excluding hydrogens is 386 g/mol. The highest BCUT2D eigenvalue weighted by Crippen LogP contribution is 2.36. The van der Waals surface area contributed by atoms with E-state index in [4.69, 9.17) is 14.2 Å². The van der Waals surface area contributed by atoms with Crippen molar-refractivity contribution in [2.75, 3.05) is 21.3 Å². The molecule has 0 N–H and O–H groups in total. The topological polar surface area (TPSA) is 30.9 Å². The van der Waals surface area contributed by atoms with E-state index in [0.29, 0.717) is 0 Å². The van der Waals surface area contributed by atoms with Crippen molar-refractivity contribution < 1.29 is 14.2 Å². The SMILES string of the molecule is COc1ccc(CN(Cc2ccc(OC)cc2)[C@@H](c2ccccc2)C(C)(C)OC)cc1. The molecule has 0 radical (unpaired) electrons. The molecule has 31 heavy (non-hydrogen) atoms. The van der Waals surface area contributed by atoms with E-state index in [1.165, 1.54) is 16.7 Å². The average molecular weight is 420 g/mol. The lowest BCUT2D eigenvalue weighted by Crippen LogP contribution is -2.43. The van der Waals surface area contributed by atoms with Crippen LogP contribution >= 0.6 is 0 Å². The molecule has 3 rings (SSSR count). The predicted molar refractivity (Wildman–Crippen MR) is 126 cm³/mol. The van der Waals surface area contributed by atoms with E-state index >= 15 is 0 Å². The van der Waals surface area contributed by atoms with E-state index in [1.807, 2.05) is 24.3 Å². The first kappa shape index (κ1) is 22.9. The second-order valence-electron chi connectivity index (χ2n) is 8.22. The Bertz CT molecular complexity index is 871. The summed E-state index contributed by atoms with van der Waals surface area (Å²) in [7, 11) is 5.17. The van der Waals surface area contributed by atoms with Crippen LogP contribution in [0.4, 0.5) is 0 Å². The molecule has 0 heterocycles. The third-order valence-corrected chi connectivity index (χ3v) is 5.75. The first-order valence-corrected chi connectivity index (χ1v) is 10.6. The molecular formula is C27H33NO3. The number of hydrogen-bond donors (Lipinski definition) is 0. The quantitative estimate of drug-likeness (QED) is 0.411. The lowest BCUT2D eigenvalue weighted by Gasteiger charge is -2.42. The van der Waals surface area contributed by atoms with Crippen LogP contribution < -0.4 is 9.47 Å². The summed E-state index contributed by atoms with van der Waals surface area (Å²) in [6.45, 7) is 5.87. The zero-order valence-corrected chi connectivity index (χ0v) is 19.2. The van der Waals surface area contributed by atoms with Gasteiger partial charge in [-0.05, 0) is 54.8 Å². The second-order valence-corrected chi connectivity index (χ2v) is 8.22.